The van der Waals surface area contributed by atoms with Crippen LogP contribution in [-0.4, -0.2) is 30.4 Å². The summed E-state index contributed by atoms with van der Waals surface area (Å²) in [5.74, 6) is 0.0990. The van der Waals surface area contributed by atoms with E-state index in [2.05, 4.69) is 16.3 Å². The van der Waals surface area contributed by atoms with Gasteiger partial charge in [0, 0.05) is 18.0 Å². The van der Waals surface area contributed by atoms with Crippen LogP contribution in [0.15, 0.2) is 24.3 Å². The van der Waals surface area contributed by atoms with Crippen molar-refractivity contribution in [2.24, 2.45) is 0 Å². The number of amides is 1. The topological polar surface area (TPSA) is 32.3 Å². The number of likely N-dealkylation sites (tertiary alicyclic amines) is 1. The molecule has 0 spiro atoms. The summed E-state index contributed by atoms with van der Waals surface area (Å²) in [6.07, 6.45) is 5.57. The van der Waals surface area contributed by atoms with Crippen LogP contribution in [0, 0.1) is 0 Å². The van der Waals surface area contributed by atoms with Gasteiger partial charge in [-0.2, -0.15) is 0 Å². The fraction of sp³-hybridized carbons (Fsp3) is 0.588. The van der Waals surface area contributed by atoms with Crippen LogP contribution in [0.1, 0.15) is 50.6 Å². The number of rotatable bonds is 5. The molecule has 1 saturated heterocycles. The van der Waals surface area contributed by atoms with Gasteiger partial charge in [0.2, 0.25) is 5.91 Å². The van der Waals surface area contributed by atoms with Gasteiger partial charge in [-0.05, 0) is 37.6 Å². The number of benzene rings is 1. The zero-order chi connectivity index (χ0) is 15.1. The third-order valence-electron chi connectivity index (χ3n) is 4.16. The molecule has 0 aromatic heterocycles. The highest BCUT2D eigenvalue weighted by molar-refractivity contribution is 6.31. The van der Waals surface area contributed by atoms with Gasteiger partial charge in [0.1, 0.15) is 0 Å². The van der Waals surface area contributed by atoms with E-state index in [0.717, 1.165) is 23.7 Å². The first-order valence-electron chi connectivity index (χ1n) is 7.97. The van der Waals surface area contributed by atoms with E-state index in [-0.39, 0.29) is 11.9 Å². The number of hydrogen-bond donors (Lipinski definition) is 1. The van der Waals surface area contributed by atoms with Gasteiger partial charge < -0.3 is 5.32 Å². The van der Waals surface area contributed by atoms with E-state index >= 15 is 0 Å². The highest BCUT2D eigenvalue weighted by atomic mass is 35.5. The van der Waals surface area contributed by atoms with Gasteiger partial charge >= 0.3 is 0 Å². The Morgan fingerprint density at radius 3 is 2.52 bits per heavy atom. The van der Waals surface area contributed by atoms with E-state index < -0.39 is 0 Å². The summed E-state index contributed by atoms with van der Waals surface area (Å²) in [5.41, 5.74) is 1.12. The van der Waals surface area contributed by atoms with Gasteiger partial charge in [0.05, 0.1) is 6.04 Å². The lowest BCUT2D eigenvalue weighted by atomic mass is 10.0. The minimum Gasteiger partial charge on any atom is -0.354 e. The highest BCUT2D eigenvalue weighted by Crippen LogP contribution is 2.29. The molecule has 1 heterocycles. The van der Waals surface area contributed by atoms with Gasteiger partial charge in [0.15, 0.2) is 0 Å². The number of carbonyl (C=O) groups is 1. The molecule has 2 rings (SSSR count). The fourth-order valence-corrected chi connectivity index (χ4v) is 3.19. The predicted molar refractivity (Wildman–Crippen MR) is 87.5 cm³/mol. The molecule has 1 aliphatic heterocycles. The molecule has 1 amide bonds. The van der Waals surface area contributed by atoms with Crippen molar-refractivity contribution in [1.29, 1.82) is 0 Å². The molecular formula is C17H25ClN2O. The standard InChI is InChI=1S/C17H25ClN2O/c1-2-17(21)19-13-16(14-9-5-6-10-15(14)18)20-11-7-3-4-8-12-20/h5-6,9-10,16H,2-4,7-8,11-13H2,1H3,(H,19,21). The number of hydrogen-bond acceptors (Lipinski definition) is 2. The average Bonchev–Trinajstić information content (AvgIpc) is 2.78. The smallest absolute Gasteiger partial charge is 0.219 e. The maximum absolute atomic E-state index is 11.6. The van der Waals surface area contributed by atoms with E-state index in [0.29, 0.717) is 13.0 Å². The molecule has 1 atom stereocenters. The van der Waals surface area contributed by atoms with Crippen molar-refractivity contribution in [2.75, 3.05) is 19.6 Å². The second-order valence-corrected chi connectivity index (χ2v) is 6.05. The van der Waals surface area contributed by atoms with Gasteiger partial charge in [-0.1, -0.05) is 49.6 Å². The minimum absolute atomic E-state index is 0.0990. The van der Waals surface area contributed by atoms with Crippen LogP contribution in [0.4, 0.5) is 0 Å². The van der Waals surface area contributed by atoms with Gasteiger partial charge in [-0.25, -0.2) is 0 Å². The molecule has 3 nitrogen and oxygen atoms in total. The maximum atomic E-state index is 11.6. The molecule has 1 aromatic rings. The van der Waals surface area contributed by atoms with Crippen LogP contribution in [0.2, 0.25) is 5.02 Å². The molecule has 0 bridgehead atoms. The molecule has 0 saturated carbocycles. The van der Waals surface area contributed by atoms with E-state index in [1.165, 1.54) is 25.7 Å². The molecule has 1 unspecified atom stereocenters. The van der Waals surface area contributed by atoms with Crippen LogP contribution >= 0.6 is 11.6 Å². The zero-order valence-corrected chi connectivity index (χ0v) is 13.5. The zero-order valence-electron chi connectivity index (χ0n) is 12.8. The fourth-order valence-electron chi connectivity index (χ4n) is 2.92. The summed E-state index contributed by atoms with van der Waals surface area (Å²) in [6.45, 7) is 4.68. The molecular weight excluding hydrogens is 284 g/mol. The normalized spacial score (nSPS) is 18.0. The minimum atomic E-state index is 0.0990. The lowest BCUT2D eigenvalue weighted by Crippen LogP contribution is -2.38. The van der Waals surface area contributed by atoms with Crippen LogP contribution < -0.4 is 5.32 Å². The summed E-state index contributed by atoms with van der Waals surface area (Å²) in [6, 6.07) is 8.16. The van der Waals surface area contributed by atoms with Crippen LogP contribution in [0.25, 0.3) is 0 Å². The molecule has 1 aliphatic rings. The molecule has 1 aromatic carbocycles. The molecule has 0 radical (unpaired) electrons. The monoisotopic (exact) mass is 308 g/mol. The Labute approximate surface area is 132 Å². The Morgan fingerprint density at radius 1 is 1.24 bits per heavy atom. The third-order valence-corrected chi connectivity index (χ3v) is 4.50. The van der Waals surface area contributed by atoms with E-state index in [1.807, 2.05) is 25.1 Å². The summed E-state index contributed by atoms with van der Waals surface area (Å²) in [4.78, 5) is 14.1. The lowest BCUT2D eigenvalue weighted by Gasteiger charge is -2.31. The van der Waals surface area contributed by atoms with Crippen molar-refractivity contribution in [1.82, 2.24) is 10.2 Å². The second kappa shape index (κ2) is 8.40. The van der Waals surface area contributed by atoms with Gasteiger partial charge in [-0.15, -0.1) is 0 Å². The SMILES string of the molecule is CCC(=O)NCC(c1ccccc1Cl)N1CCCCCC1. The first kappa shape index (κ1) is 16.3. The average molecular weight is 309 g/mol. The number of halogens is 1. The first-order chi connectivity index (χ1) is 10.2. The summed E-state index contributed by atoms with van der Waals surface area (Å²) in [5, 5.41) is 3.83. The molecule has 116 valence electrons. The summed E-state index contributed by atoms with van der Waals surface area (Å²) < 4.78 is 0. The largest absolute Gasteiger partial charge is 0.354 e. The second-order valence-electron chi connectivity index (χ2n) is 5.65. The molecule has 0 aliphatic carbocycles. The van der Waals surface area contributed by atoms with Crippen molar-refractivity contribution in [3.63, 3.8) is 0 Å². The molecule has 21 heavy (non-hydrogen) atoms. The van der Waals surface area contributed by atoms with Crippen LogP contribution in [0.5, 0.6) is 0 Å². The van der Waals surface area contributed by atoms with Crippen LogP contribution in [-0.2, 0) is 4.79 Å². The Balaban J connectivity index is 2.16. The van der Waals surface area contributed by atoms with Crippen LogP contribution in [0.3, 0.4) is 0 Å². The van der Waals surface area contributed by atoms with Crippen molar-refractivity contribution in [2.45, 2.75) is 45.1 Å². The predicted octanol–water partition coefficient (Wildman–Crippen LogP) is 3.78. The molecule has 4 heteroatoms. The van der Waals surface area contributed by atoms with E-state index in [4.69, 9.17) is 11.6 Å². The number of nitrogens with zero attached hydrogens (tertiary/aromatic N) is 1. The first-order valence-corrected chi connectivity index (χ1v) is 8.35. The van der Waals surface area contributed by atoms with Crippen molar-refractivity contribution in [3.8, 4) is 0 Å². The highest BCUT2D eigenvalue weighted by Gasteiger charge is 2.23. The van der Waals surface area contributed by atoms with Crippen molar-refractivity contribution >= 4 is 17.5 Å². The Kier molecular flexibility index (Phi) is 6.52. The Hall–Kier alpha value is -1.06. The van der Waals surface area contributed by atoms with Crippen molar-refractivity contribution in [3.05, 3.63) is 34.9 Å². The van der Waals surface area contributed by atoms with Gasteiger partial charge in [0.25, 0.3) is 0 Å². The third kappa shape index (κ3) is 4.72. The molecule has 1 N–H and O–H groups in total. The Bertz CT molecular complexity index is 456. The number of carbonyl (C=O) groups excluding carboxylic acids is 1. The number of nitrogens with one attached hydrogen (secondary N) is 1. The quantitative estimate of drug-likeness (QED) is 0.897. The molecule has 1 fully saturated rings. The lowest BCUT2D eigenvalue weighted by molar-refractivity contribution is -0.121. The van der Waals surface area contributed by atoms with Gasteiger partial charge in [-0.3, -0.25) is 9.69 Å². The van der Waals surface area contributed by atoms with Crippen molar-refractivity contribution < 1.29 is 4.79 Å². The Morgan fingerprint density at radius 2 is 1.90 bits per heavy atom. The maximum Gasteiger partial charge on any atom is 0.219 e. The van der Waals surface area contributed by atoms with E-state index in [9.17, 15) is 4.79 Å². The summed E-state index contributed by atoms with van der Waals surface area (Å²) >= 11 is 6.39. The van der Waals surface area contributed by atoms with E-state index in [1.54, 1.807) is 0 Å². The summed E-state index contributed by atoms with van der Waals surface area (Å²) in [7, 11) is 0.